The Morgan fingerprint density at radius 2 is 1.65 bits per heavy atom. The average Bonchev–Trinajstić information content (AvgIpc) is 3.45. The number of fused-ring (bicyclic) bond motifs is 1. The number of thiophene rings is 1. The van der Waals surface area contributed by atoms with Crippen LogP contribution in [0.15, 0.2) is 89.5 Å². The molecule has 5 rings (SSSR count). The molecule has 1 unspecified atom stereocenters. The summed E-state index contributed by atoms with van der Waals surface area (Å²) in [7, 11) is 1.56. The van der Waals surface area contributed by atoms with Crippen molar-refractivity contribution in [1.82, 2.24) is 5.32 Å². The molecule has 1 aromatic heterocycles. The first-order chi connectivity index (χ1) is 24.8. The number of carbonyl (C=O) groups excluding carboxylic acids is 4. The molecule has 1 aliphatic carbocycles. The highest BCUT2D eigenvalue weighted by molar-refractivity contribution is 8.00. The van der Waals surface area contributed by atoms with Crippen LogP contribution in [-0.2, 0) is 27.2 Å². The molecule has 266 valence electrons. The normalized spacial score (nSPS) is 13.5. The van der Waals surface area contributed by atoms with Gasteiger partial charge in [-0.15, -0.1) is 23.1 Å². The Hall–Kier alpha value is -4.87. The number of rotatable bonds is 13. The first kappa shape index (κ1) is 37.4. The fourth-order valence-corrected chi connectivity index (χ4v) is 8.09. The summed E-state index contributed by atoms with van der Waals surface area (Å²) < 4.78 is 10.8. The van der Waals surface area contributed by atoms with Crippen molar-refractivity contribution in [3.05, 3.63) is 112 Å². The summed E-state index contributed by atoms with van der Waals surface area (Å²) >= 11 is 2.86. The molecule has 1 heterocycles. The Morgan fingerprint density at radius 3 is 2.39 bits per heavy atom. The monoisotopic (exact) mass is 725 g/mol. The summed E-state index contributed by atoms with van der Waals surface area (Å²) in [6.07, 6.45) is 8.14. The lowest BCUT2D eigenvalue weighted by Gasteiger charge is -2.16. The molecular formula is C40H43N3O6S2. The van der Waals surface area contributed by atoms with Gasteiger partial charge in [0.05, 0.1) is 24.5 Å². The van der Waals surface area contributed by atoms with Crippen LogP contribution in [0.25, 0.3) is 6.08 Å². The highest BCUT2D eigenvalue weighted by Crippen LogP contribution is 2.38. The first-order valence-electron chi connectivity index (χ1n) is 17.2. The Morgan fingerprint density at radius 1 is 0.882 bits per heavy atom. The molecule has 0 aliphatic heterocycles. The van der Waals surface area contributed by atoms with Gasteiger partial charge < -0.3 is 25.4 Å². The molecule has 0 radical (unpaired) electrons. The fourth-order valence-electron chi connectivity index (χ4n) is 5.79. The molecule has 0 fully saturated rings. The van der Waals surface area contributed by atoms with E-state index in [-0.39, 0.29) is 18.2 Å². The second kappa shape index (κ2) is 18.4. The van der Waals surface area contributed by atoms with E-state index in [4.69, 9.17) is 9.47 Å². The zero-order chi connectivity index (χ0) is 36.2. The van der Waals surface area contributed by atoms with Crippen LogP contribution in [0.4, 0.5) is 10.7 Å². The highest BCUT2D eigenvalue weighted by atomic mass is 32.2. The smallest absolute Gasteiger partial charge is 0.341 e. The number of benzene rings is 3. The molecule has 3 aromatic carbocycles. The van der Waals surface area contributed by atoms with Gasteiger partial charge in [-0.25, -0.2) is 4.79 Å². The van der Waals surface area contributed by atoms with E-state index in [1.807, 2.05) is 25.1 Å². The topological polar surface area (TPSA) is 123 Å². The van der Waals surface area contributed by atoms with E-state index in [1.54, 1.807) is 80.8 Å². The van der Waals surface area contributed by atoms with Crippen molar-refractivity contribution in [2.75, 3.05) is 24.4 Å². The van der Waals surface area contributed by atoms with E-state index < -0.39 is 23.0 Å². The molecule has 51 heavy (non-hydrogen) atoms. The van der Waals surface area contributed by atoms with Crippen molar-refractivity contribution in [2.24, 2.45) is 0 Å². The summed E-state index contributed by atoms with van der Waals surface area (Å²) in [5.74, 6) is -0.934. The lowest BCUT2D eigenvalue weighted by atomic mass is 9.96. The van der Waals surface area contributed by atoms with E-state index in [9.17, 15) is 19.2 Å². The Balaban J connectivity index is 1.33. The molecule has 0 bridgehead atoms. The number of nitrogens with one attached hydrogen (secondary N) is 3. The number of carbonyl (C=O) groups is 4. The maximum atomic E-state index is 13.7. The van der Waals surface area contributed by atoms with Gasteiger partial charge in [0.25, 0.3) is 11.8 Å². The SMILES string of the molecule is CCOC(=O)c1c(NC(=O)C(CC)Sc2cccc(NC(=O)/C(=C/c3cccc(OC)c3)NC(=O)c3ccccc3)c2)sc2c1CCCCCC2. The molecule has 3 amide bonds. The number of thioether (sulfide) groups is 1. The maximum Gasteiger partial charge on any atom is 0.341 e. The summed E-state index contributed by atoms with van der Waals surface area (Å²) in [5.41, 5.74) is 3.12. The van der Waals surface area contributed by atoms with Gasteiger partial charge in [-0.2, -0.15) is 0 Å². The van der Waals surface area contributed by atoms with Gasteiger partial charge in [-0.1, -0.05) is 56.2 Å². The van der Waals surface area contributed by atoms with Crippen molar-refractivity contribution in [1.29, 1.82) is 0 Å². The second-order valence-corrected chi connectivity index (χ2v) is 14.4. The van der Waals surface area contributed by atoms with Crippen molar-refractivity contribution >= 4 is 63.6 Å². The van der Waals surface area contributed by atoms with Crippen LogP contribution in [0.5, 0.6) is 5.75 Å². The van der Waals surface area contributed by atoms with Crippen LogP contribution in [0.3, 0.4) is 0 Å². The van der Waals surface area contributed by atoms with E-state index in [1.165, 1.54) is 23.1 Å². The van der Waals surface area contributed by atoms with Gasteiger partial charge in [-0.3, -0.25) is 14.4 Å². The van der Waals surface area contributed by atoms with Crippen LogP contribution in [-0.4, -0.2) is 42.7 Å². The summed E-state index contributed by atoms with van der Waals surface area (Å²) in [6, 6.07) is 23.0. The van der Waals surface area contributed by atoms with E-state index in [2.05, 4.69) is 16.0 Å². The summed E-state index contributed by atoms with van der Waals surface area (Å²) in [4.78, 5) is 55.5. The van der Waals surface area contributed by atoms with E-state index in [0.717, 1.165) is 53.9 Å². The van der Waals surface area contributed by atoms with Gasteiger partial charge in [0, 0.05) is 21.0 Å². The number of amides is 3. The highest BCUT2D eigenvalue weighted by Gasteiger charge is 2.28. The van der Waals surface area contributed by atoms with Gasteiger partial charge in [0.2, 0.25) is 5.91 Å². The standard InChI is InChI=1S/C40H43N3O6S2/c1-4-33(38(46)43-39-35(40(47)49-5-2)31-21-11-6-7-12-22-34(31)51-39)50-30-20-14-18-28(25-30)41-37(45)32(24-26-15-13-19-29(23-26)48-3)42-36(44)27-16-9-8-10-17-27/h8-10,13-20,23-25,33H,4-7,11-12,21-22H2,1-3H3,(H,41,45)(H,42,44)(H,43,46)/b32-24-. The number of aryl methyl sites for hydroxylation is 1. The van der Waals surface area contributed by atoms with Crippen molar-refractivity contribution in [3.63, 3.8) is 0 Å². The average molecular weight is 726 g/mol. The zero-order valence-electron chi connectivity index (χ0n) is 29.1. The van der Waals surface area contributed by atoms with E-state index >= 15 is 0 Å². The zero-order valence-corrected chi connectivity index (χ0v) is 30.7. The quantitative estimate of drug-likeness (QED) is 0.0718. The molecule has 9 nitrogen and oxygen atoms in total. The summed E-state index contributed by atoms with van der Waals surface area (Å²) in [6.45, 7) is 3.98. The molecular weight excluding hydrogens is 683 g/mol. The number of hydrogen-bond donors (Lipinski definition) is 3. The Labute approximate surface area is 307 Å². The number of esters is 1. The molecule has 4 aromatic rings. The van der Waals surface area contributed by atoms with Crippen LogP contribution >= 0.6 is 23.1 Å². The predicted octanol–water partition coefficient (Wildman–Crippen LogP) is 8.51. The minimum atomic E-state index is -0.520. The van der Waals surface area contributed by atoms with Gasteiger partial charge in [0.15, 0.2) is 0 Å². The lowest BCUT2D eigenvalue weighted by molar-refractivity contribution is -0.116. The van der Waals surface area contributed by atoms with E-state index in [0.29, 0.717) is 39.5 Å². The van der Waals surface area contributed by atoms with Crippen LogP contribution < -0.4 is 20.7 Å². The third-order valence-corrected chi connectivity index (χ3v) is 10.9. The Bertz CT molecular complexity index is 1890. The fraction of sp³-hybridized carbons (Fsp3) is 0.300. The van der Waals surface area contributed by atoms with Crippen LogP contribution in [0.2, 0.25) is 0 Å². The van der Waals surface area contributed by atoms with Crippen molar-refractivity contribution in [2.45, 2.75) is 68.9 Å². The number of methoxy groups -OCH3 is 1. The van der Waals surface area contributed by atoms with Crippen LogP contribution in [0.1, 0.15) is 82.7 Å². The second-order valence-electron chi connectivity index (χ2n) is 12.0. The third-order valence-electron chi connectivity index (χ3n) is 8.35. The molecule has 0 saturated heterocycles. The number of anilines is 2. The molecule has 11 heteroatoms. The Kier molecular flexibility index (Phi) is 13.5. The number of ether oxygens (including phenoxy) is 2. The predicted molar refractivity (Wildman–Crippen MR) is 205 cm³/mol. The largest absolute Gasteiger partial charge is 0.497 e. The molecule has 1 atom stereocenters. The number of hydrogen-bond acceptors (Lipinski definition) is 8. The third kappa shape index (κ3) is 10.1. The van der Waals surface area contributed by atoms with Gasteiger partial charge in [-0.05, 0) is 98.7 Å². The summed E-state index contributed by atoms with van der Waals surface area (Å²) in [5, 5.41) is 8.82. The van der Waals surface area contributed by atoms with Crippen molar-refractivity contribution < 1.29 is 28.7 Å². The molecule has 0 spiro atoms. The molecule has 0 saturated carbocycles. The van der Waals surface area contributed by atoms with Gasteiger partial charge >= 0.3 is 5.97 Å². The molecule has 1 aliphatic rings. The minimum absolute atomic E-state index is 0.0448. The first-order valence-corrected chi connectivity index (χ1v) is 18.9. The molecule has 3 N–H and O–H groups in total. The lowest BCUT2D eigenvalue weighted by Crippen LogP contribution is -2.30. The van der Waals surface area contributed by atoms with Crippen molar-refractivity contribution in [3.8, 4) is 5.75 Å². The minimum Gasteiger partial charge on any atom is -0.497 e. The maximum absolute atomic E-state index is 13.7. The van der Waals surface area contributed by atoms with Crippen LogP contribution in [0, 0.1) is 0 Å². The van der Waals surface area contributed by atoms with Gasteiger partial charge in [0.1, 0.15) is 16.4 Å².